The molecule has 2 unspecified atom stereocenters. The molecule has 13 heavy (non-hydrogen) atoms. The van der Waals surface area contributed by atoms with Crippen LogP contribution in [0.5, 0.6) is 0 Å². The number of rotatable bonds is 2. The molecule has 0 radical (unpaired) electrons. The average molecular weight is 177 g/mol. The van der Waals surface area contributed by atoms with Gasteiger partial charge in [0.05, 0.1) is 0 Å². The molecular weight excluding hydrogens is 158 g/mol. The summed E-state index contributed by atoms with van der Waals surface area (Å²) in [5.74, 6) is 1.36. The summed E-state index contributed by atoms with van der Waals surface area (Å²) in [4.78, 5) is 4.07. The van der Waals surface area contributed by atoms with E-state index in [9.17, 15) is 0 Å². The van der Waals surface area contributed by atoms with Crippen LogP contribution >= 0.6 is 0 Å². The van der Waals surface area contributed by atoms with E-state index in [1.54, 1.807) is 0 Å². The Balaban J connectivity index is 2.67. The Kier molecular flexibility index (Phi) is 3.94. The molecule has 0 fully saturated rings. The van der Waals surface area contributed by atoms with Crippen molar-refractivity contribution in [2.24, 2.45) is 16.8 Å². The highest BCUT2D eigenvalue weighted by Gasteiger charge is 2.14. The van der Waals surface area contributed by atoms with Crippen molar-refractivity contribution in [2.45, 2.75) is 26.7 Å². The van der Waals surface area contributed by atoms with E-state index >= 15 is 0 Å². The van der Waals surface area contributed by atoms with Crippen LogP contribution in [0.25, 0.3) is 0 Å². The van der Waals surface area contributed by atoms with E-state index in [1.165, 1.54) is 18.4 Å². The van der Waals surface area contributed by atoms with Gasteiger partial charge in [0.1, 0.15) is 0 Å². The summed E-state index contributed by atoms with van der Waals surface area (Å²) < 4.78 is 0. The Morgan fingerprint density at radius 2 is 2.15 bits per heavy atom. The van der Waals surface area contributed by atoms with Crippen LogP contribution in [0.4, 0.5) is 0 Å². The van der Waals surface area contributed by atoms with Gasteiger partial charge in [-0.2, -0.15) is 0 Å². The molecule has 1 nitrogen and oxygen atoms in total. The van der Waals surface area contributed by atoms with Gasteiger partial charge >= 0.3 is 0 Å². The first-order valence-electron chi connectivity index (χ1n) is 5.04. The third-order valence-corrected chi connectivity index (χ3v) is 2.64. The molecule has 1 aliphatic rings. The summed E-state index contributed by atoms with van der Waals surface area (Å²) in [7, 11) is 1.83. The van der Waals surface area contributed by atoms with Crippen molar-refractivity contribution in [3.63, 3.8) is 0 Å². The second kappa shape index (κ2) is 5.00. The molecular formula is C12H19N. The van der Waals surface area contributed by atoms with Crippen LogP contribution in [0.2, 0.25) is 0 Å². The number of allylic oxidation sites excluding steroid dienone is 4. The lowest BCUT2D eigenvalue weighted by Gasteiger charge is -2.20. The predicted octanol–water partition coefficient (Wildman–Crippen LogP) is 3.24. The second-order valence-electron chi connectivity index (χ2n) is 3.72. The molecule has 0 bridgehead atoms. The van der Waals surface area contributed by atoms with Gasteiger partial charge in [0, 0.05) is 19.2 Å². The van der Waals surface area contributed by atoms with Gasteiger partial charge in [0.2, 0.25) is 0 Å². The maximum atomic E-state index is 4.07. The van der Waals surface area contributed by atoms with E-state index in [1.807, 2.05) is 13.3 Å². The van der Waals surface area contributed by atoms with Crippen molar-refractivity contribution in [2.75, 3.05) is 7.05 Å². The topological polar surface area (TPSA) is 12.4 Å². The lowest BCUT2D eigenvalue weighted by molar-refractivity contribution is 0.524. The largest absolute Gasteiger partial charge is 0.296 e. The van der Waals surface area contributed by atoms with E-state index < -0.39 is 0 Å². The van der Waals surface area contributed by atoms with Crippen LogP contribution in [-0.4, -0.2) is 13.3 Å². The molecule has 0 amide bonds. The first-order valence-corrected chi connectivity index (χ1v) is 5.04. The Hall–Kier alpha value is -0.850. The molecule has 0 N–H and O–H groups in total. The standard InChI is InChI=1S/C12H19N/c1-4-11(9-13-3)12-7-5-10(2)6-8-12/h4-5,7,9-10,12H,6,8H2,1-3H3/b11-4+,13-9?. The molecule has 1 rings (SSSR count). The van der Waals surface area contributed by atoms with Crippen LogP contribution in [-0.2, 0) is 0 Å². The maximum Gasteiger partial charge on any atom is 0.0277 e. The van der Waals surface area contributed by atoms with E-state index in [4.69, 9.17) is 0 Å². The van der Waals surface area contributed by atoms with Crippen molar-refractivity contribution in [3.05, 3.63) is 23.8 Å². The molecule has 0 saturated heterocycles. The quantitative estimate of drug-likeness (QED) is 0.453. The van der Waals surface area contributed by atoms with E-state index in [0.29, 0.717) is 5.92 Å². The summed E-state index contributed by atoms with van der Waals surface area (Å²) >= 11 is 0. The first kappa shape index (κ1) is 10.2. The Labute approximate surface area is 81.3 Å². The third kappa shape index (κ3) is 2.83. The molecule has 0 aromatic rings. The van der Waals surface area contributed by atoms with Gasteiger partial charge in [-0.15, -0.1) is 0 Å². The van der Waals surface area contributed by atoms with Crippen LogP contribution in [0.15, 0.2) is 28.8 Å². The van der Waals surface area contributed by atoms with Gasteiger partial charge in [-0.1, -0.05) is 25.2 Å². The zero-order valence-electron chi connectivity index (χ0n) is 8.83. The summed E-state index contributed by atoms with van der Waals surface area (Å²) in [6, 6.07) is 0. The number of aliphatic imine (C=N–C) groups is 1. The van der Waals surface area contributed by atoms with Crippen LogP contribution in [0, 0.1) is 11.8 Å². The lowest BCUT2D eigenvalue weighted by Crippen LogP contribution is -2.09. The van der Waals surface area contributed by atoms with Crippen LogP contribution in [0.1, 0.15) is 26.7 Å². The predicted molar refractivity (Wildman–Crippen MR) is 59.2 cm³/mol. The highest BCUT2D eigenvalue weighted by atomic mass is 14.6. The zero-order chi connectivity index (χ0) is 9.68. The van der Waals surface area contributed by atoms with Gasteiger partial charge in [0.25, 0.3) is 0 Å². The molecule has 1 heteroatoms. The van der Waals surface area contributed by atoms with Crippen molar-refractivity contribution < 1.29 is 0 Å². The van der Waals surface area contributed by atoms with Gasteiger partial charge in [-0.05, 0) is 31.3 Å². The molecule has 0 heterocycles. The van der Waals surface area contributed by atoms with Gasteiger partial charge in [0.15, 0.2) is 0 Å². The molecule has 0 aromatic carbocycles. The minimum atomic E-state index is 0.602. The van der Waals surface area contributed by atoms with Gasteiger partial charge < -0.3 is 0 Å². The fourth-order valence-electron chi connectivity index (χ4n) is 1.77. The summed E-state index contributed by atoms with van der Waals surface area (Å²) in [5.41, 5.74) is 1.35. The monoisotopic (exact) mass is 177 g/mol. The molecule has 0 aliphatic heterocycles. The fourth-order valence-corrected chi connectivity index (χ4v) is 1.77. The number of hydrogen-bond acceptors (Lipinski definition) is 1. The molecule has 0 spiro atoms. The zero-order valence-corrected chi connectivity index (χ0v) is 8.83. The average Bonchev–Trinajstić information content (AvgIpc) is 2.16. The minimum absolute atomic E-state index is 0.602. The van der Waals surface area contributed by atoms with Gasteiger partial charge in [-0.25, -0.2) is 0 Å². The molecule has 1 aliphatic carbocycles. The van der Waals surface area contributed by atoms with Crippen LogP contribution < -0.4 is 0 Å². The van der Waals surface area contributed by atoms with Crippen molar-refractivity contribution in [1.29, 1.82) is 0 Å². The lowest BCUT2D eigenvalue weighted by atomic mass is 9.85. The van der Waals surface area contributed by atoms with Crippen LogP contribution in [0.3, 0.4) is 0 Å². The number of hydrogen-bond donors (Lipinski definition) is 0. The molecule has 0 saturated carbocycles. The minimum Gasteiger partial charge on any atom is -0.296 e. The third-order valence-electron chi connectivity index (χ3n) is 2.64. The highest BCUT2D eigenvalue weighted by molar-refractivity contribution is 5.79. The smallest absolute Gasteiger partial charge is 0.0277 e. The van der Waals surface area contributed by atoms with Gasteiger partial charge in [-0.3, -0.25) is 4.99 Å². The maximum absolute atomic E-state index is 4.07. The Morgan fingerprint density at radius 3 is 2.62 bits per heavy atom. The number of nitrogens with zero attached hydrogens (tertiary/aromatic N) is 1. The second-order valence-corrected chi connectivity index (χ2v) is 3.72. The van der Waals surface area contributed by atoms with E-state index in [-0.39, 0.29) is 0 Å². The highest BCUT2D eigenvalue weighted by Crippen LogP contribution is 2.26. The van der Waals surface area contributed by atoms with E-state index in [2.05, 4.69) is 37.1 Å². The fraction of sp³-hybridized carbons (Fsp3) is 0.583. The normalized spacial score (nSPS) is 29.9. The SMILES string of the molecule is C/C=C(\C=NC)C1C=CC(C)CC1. The van der Waals surface area contributed by atoms with Crippen molar-refractivity contribution in [1.82, 2.24) is 0 Å². The molecule has 72 valence electrons. The summed E-state index contributed by atoms with van der Waals surface area (Å²) in [6.45, 7) is 4.36. The van der Waals surface area contributed by atoms with E-state index in [0.717, 1.165) is 5.92 Å². The Morgan fingerprint density at radius 1 is 1.38 bits per heavy atom. The van der Waals surface area contributed by atoms with Crippen molar-refractivity contribution in [3.8, 4) is 0 Å². The first-order chi connectivity index (χ1) is 6.27. The Bertz CT molecular complexity index is 236. The summed E-state index contributed by atoms with van der Waals surface area (Å²) in [6.07, 6.45) is 11.4. The molecule has 2 atom stereocenters. The molecule has 0 aromatic heterocycles. The van der Waals surface area contributed by atoms with Crippen molar-refractivity contribution >= 4 is 6.21 Å². The summed E-state index contributed by atoms with van der Waals surface area (Å²) in [5, 5.41) is 0.